The Hall–Kier alpha value is -3.16. The van der Waals surface area contributed by atoms with Crippen molar-refractivity contribution in [3.8, 4) is 0 Å². The molecule has 0 spiro atoms. The van der Waals surface area contributed by atoms with Gasteiger partial charge in [0.25, 0.3) is 11.2 Å². The van der Waals surface area contributed by atoms with Crippen molar-refractivity contribution >= 4 is 17.1 Å². The highest BCUT2D eigenvalue weighted by atomic mass is 16.4. The van der Waals surface area contributed by atoms with Crippen LogP contribution in [0.1, 0.15) is 12.5 Å². The maximum Gasteiger partial charge on any atom is 0.335 e. The number of nitrogens with zero attached hydrogens (tertiary/aromatic N) is 3. The van der Waals surface area contributed by atoms with Crippen molar-refractivity contribution in [1.82, 2.24) is 14.1 Å². The lowest BCUT2D eigenvalue weighted by molar-refractivity contribution is -0.668. The zero-order valence-corrected chi connectivity index (χ0v) is 13.1. The molecule has 3 aromatic rings. The second-order valence-electron chi connectivity index (χ2n) is 5.40. The number of H-pyrrole nitrogens is 1. The molecule has 2 N–H and O–H groups in total. The smallest absolute Gasteiger partial charge is 0.335 e. The lowest BCUT2D eigenvalue weighted by Gasteiger charge is -2.09. The number of fused-ring (bicyclic) bond motifs is 1. The average Bonchev–Trinajstić information content (AvgIpc) is 3.00. The summed E-state index contributed by atoms with van der Waals surface area (Å²) in [6.45, 7) is 1.95. The lowest BCUT2D eigenvalue weighted by Crippen LogP contribution is -2.46. The first-order chi connectivity index (χ1) is 11.5. The predicted molar refractivity (Wildman–Crippen MR) is 85.9 cm³/mol. The van der Waals surface area contributed by atoms with Gasteiger partial charge < -0.3 is 5.11 Å². The molecule has 8 nitrogen and oxygen atoms in total. The molecule has 0 saturated carbocycles. The van der Waals surface area contributed by atoms with Gasteiger partial charge in [-0.2, -0.15) is 0 Å². The number of hydrogen-bond donors (Lipinski definition) is 2. The van der Waals surface area contributed by atoms with E-state index in [0.717, 1.165) is 10.1 Å². The number of aromatic amines is 1. The standard InChI is InChI=1S/C16H16N4O4/c1-2-18-10-17-14-13(18)15(23)20(9-12(21)22)16(24)19(14)8-11-6-4-3-5-7-11/h3-7,10H,2,8-9H2,1H3,(H,21,22)/p+1. The van der Waals surface area contributed by atoms with E-state index in [-0.39, 0.29) is 12.1 Å². The summed E-state index contributed by atoms with van der Waals surface area (Å²) < 4.78 is 3.81. The van der Waals surface area contributed by atoms with Gasteiger partial charge in [0.05, 0.1) is 13.1 Å². The number of carboxylic acid groups (broad SMARTS) is 1. The van der Waals surface area contributed by atoms with Crippen LogP contribution in [0, 0.1) is 0 Å². The van der Waals surface area contributed by atoms with Gasteiger partial charge >= 0.3 is 17.2 Å². The summed E-state index contributed by atoms with van der Waals surface area (Å²) >= 11 is 0. The van der Waals surface area contributed by atoms with E-state index in [1.807, 2.05) is 37.3 Å². The van der Waals surface area contributed by atoms with Crippen molar-refractivity contribution in [1.29, 1.82) is 0 Å². The number of carbonyl (C=O) groups is 1. The molecule has 0 atom stereocenters. The third-order valence-corrected chi connectivity index (χ3v) is 3.87. The van der Waals surface area contributed by atoms with E-state index in [0.29, 0.717) is 12.2 Å². The Morgan fingerprint density at radius 1 is 1.21 bits per heavy atom. The van der Waals surface area contributed by atoms with Crippen molar-refractivity contribution in [2.24, 2.45) is 0 Å². The molecule has 2 heterocycles. The SMILES string of the molecule is CC[n+]1c[nH]c2c1c(=O)n(CC(=O)O)c(=O)n2Cc1ccccc1. The normalized spacial score (nSPS) is 11.0. The number of aliphatic carboxylic acids is 1. The van der Waals surface area contributed by atoms with Crippen LogP contribution in [0.15, 0.2) is 46.2 Å². The highest BCUT2D eigenvalue weighted by Gasteiger charge is 2.23. The topological polar surface area (TPSA) is 101 Å². The molecule has 2 aromatic heterocycles. The van der Waals surface area contributed by atoms with E-state index >= 15 is 0 Å². The lowest BCUT2D eigenvalue weighted by atomic mass is 10.2. The number of benzene rings is 1. The van der Waals surface area contributed by atoms with E-state index in [1.54, 1.807) is 10.9 Å². The van der Waals surface area contributed by atoms with Gasteiger partial charge in [-0.05, 0) is 12.5 Å². The first-order valence-corrected chi connectivity index (χ1v) is 7.52. The van der Waals surface area contributed by atoms with Crippen molar-refractivity contribution in [3.05, 3.63) is 63.1 Å². The molecule has 124 valence electrons. The maximum atomic E-state index is 12.7. The van der Waals surface area contributed by atoms with Gasteiger partial charge in [0.1, 0.15) is 6.54 Å². The molecule has 0 bridgehead atoms. The van der Waals surface area contributed by atoms with E-state index in [1.165, 1.54) is 4.57 Å². The largest absolute Gasteiger partial charge is 0.480 e. The first kappa shape index (κ1) is 15.7. The highest BCUT2D eigenvalue weighted by molar-refractivity contribution is 5.68. The Kier molecular flexibility index (Phi) is 4.03. The van der Waals surface area contributed by atoms with Crippen LogP contribution in [0.2, 0.25) is 0 Å². The minimum atomic E-state index is -1.24. The summed E-state index contributed by atoms with van der Waals surface area (Å²) in [5, 5.41) is 9.02. The summed E-state index contributed by atoms with van der Waals surface area (Å²) in [5.41, 5.74) is 0.291. The third kappa shape index (κ3) is 2.62. The average molecular weight is 329 g/mol. The summed E-state index contributed by atoms with van der Waals surface area (Å²) in [7, 11) is 0. The summed E-state index contributed by atoms with van der Waals surface area (Å²) in [5.74, 6) is -1.24. The molecular formula is C16H17N4O4+. The van der Waals surface area contributed by atoms with Crippen LogP contribution in [-0.2, 0) is 24.4 Å². The van der Waals surface area contributed by atoms with Gasteiger partial charge in [-0.25, -0.2) is 18.9 Å². The molecule has 0 amide bonds. The second-order valence-corrected chi connectivity index (χ2v) is 5.40. The van der Waals surface area contributed by atoms with Crippen molar-refractivity contribution < 1.29 is 14.5 Å². The predicted octanol–water partition coefficient (Wildman–Crippen LogP) is -0.0684. The minimum Gasteiger partial charge on any atom is -0.480 e. The number of carboxylic acids is 1. The molecule has 0 aliphatic carbocycles. The van der Waals surface area contributed by atoms with Gasteiger partial charge in [-0.3, -0.25) is 14.2 Å². The van der Waals surface area contributed by atoms with Crippen LogP contribution in [-0.4, -0.2) is 25.2 Å². The van der Waals surface area contributed by atoms with Crippen LogP contribution < -0.4 is 15.8 Å². The Morgan fingerprint density at radius 3 is 2.54 bits per heavy atom. The van der Waals surface area contributed by atoms with Gasteiger partial charge in [0.2, 0.25) is 6.33 Å². The van der Waals surface area contributed by atoms with Crippen molar-refractivity contribution in [2.75, 3.05) is 0 Å². The number of nitrogens with one attached hydrogen (secondary N) is 1. The van der Waals surface area contributed by atoms with Crippen LogP contribution in [0.25, 0.3) is 11.2 Å². The zero-order valence-electron chi connectivity index (χ0n) is 13.1. The fourth-order valence-corrected chi connectivity index (χ4v) is 2.73. The summed E-state index contributed by atoms with van der Waals surface area (Å²) in [6.07, 6.45) is 1.61. The quantitative estimate of drug-likeness (QED) is 0.640. The van der Waals surface area contributed by atoms with Gasteiger partial charge in [0, 0.05) is 0 Å². The monoisotopic (exact) mass is 329 g/mol. The Balaban J connectivity index is 2.31. The number of aryl methyl sites for hydroxylation is 1. The number of imidazole rings is 1. The van der Waals surface area contributed by atoms with Crippen LogP contribution in [0.5, 0.6) is 0 Å². The molecular weight excluding hydrogens is 312 g/mol. The Labute approximate surface area is 136 Å². The van der Waals surface area contributed by atoms with Gasteiger partial charge in [0.15, 0.2) is 0 Å². The van der Waals surface area contributed by atoms with Crippen LogP contribution in [0.3, 0.4) is 0 Å². The van der Waals surface area contributed by atoms with E-state index in [4.69, 9.17) is 5.11 Å². The fourth-order valence-electron chi connectivity index (χ4n) is 2.73. The summed E-state index contributed by atoms with van der Waals surface area (Å²) in [4.78, 5) is 39.3. The first-order valence-electron chi connectivity index (χ1n) is 7.52. The Bertz CT molecular complexity index is 1010. The fraction of sp³-hybridized carbons (Fsp3) is 0.250. The van der Waals surface area contributed by atoms with E-state index in [2.05, 4.69) is 4.98 Å². The van der Waals surface area contributed by atoms with Gasteiger partial charge in [-0.1, -0.05) is 30.3 Å². The summed E-state index contributed by atoms with van der Waals surface area (Å²) in [6, 6.07) is 9.30. The Morgan fingerprint density at radius 2 is 1.92 bits per heavy atom. The van der Waals surface area contributed by atoms with Crippen molar-refractivity contribution in [3.63, 3.8) is 0 Å². The molecule has 0 unspecified atom stereocenters. The number of rotatable bonds is 5. The maximum absolute atomic E-state index is 12.7. The van der Waals surface area contributed by atoms with Gasteiger partial charge in [-0.15, -0.1) is 0 Å². The molecule has 1 aromatic carbocycles. The minimum absolute atomic E-state index is 0.236. The van der Waals surface area contributed by atoms with E-state index in [9.17, 15) is 14.4 Å². The number of hydrogen-bond acceptors (Lipinski definition) is 3. The highest BCUT2D eigenvalue weighted by Crippen LogP contribution is 2.06. The molecule has 8 heteroatoms. The molecule has 3 rings (SSSR count). The molecule has 0 radical (unpaired) electrons. The molecule has 0 saturated heterocycles. The second kappa shape index (κ2) is 6.15. The van der Waals surface area contributed by atoms with Crippen LogP contribution >= 0.6 is 0 Å². The third-order valence-electron chi connectivity index (χ3n) is 3.87. The van der Waals surface area contributed by atoms with Crippen LogP contribution in [0.4, 0.5) is 0 Å². The molecule has 0 aliphatic rings. The van der Waals surface area contributed by atoms with Crippen molar-refractivity contribution in [2.45, 2.75) is 26.6 Å². The molecule has 0 aliphatic heterocycles. The van der Waals surface area contributed by atoms with E-state index < -0.39 is 23.8 Å². The molecule has 0 fully saturated rings. The number of aromatic nitrogens is 4. The zero-order chi connectivity index (χ0) is 17.3. The molecule has 24 heavy (non-hydrogen) atoms.